The average Bonchev–Trinajstić information content (AvgIpc) is 3.08. The molecule has 0 radical (unpaired) electrons. The van der Waals surface area contributed by atoms with Gasteiger partial charge in [0.2, 0.25) is 5.91 Å². The van der Waals surface area contributed by atoms with Gasteiger partial charge >= 0.3 is 0 Å². The third-order valence-corrected chi connectivity index (χ3v) is 4.96. The van der Waals surface area contributed by atoms with Crippen LogP contribution in [0.15, 0.2) is 36.7 Å². The third kappa shape index (κ3) is 3.62. The van der Waals surface area contributed by atoms with E-state index in [0.29, 0.717) is 50.5 Å². The minimum absolute atomic E-state index is 0.108. The molecule has 146 valence electrons. The van der Waals surface area contributed by atoms with E-state index >= 15 is 0 Å². The zero-order valence-corrected chi connectivity index (χ0v) is 15.9. The Morgan fingerprint density at radius 1 is 1.25 bits per heavy atom. The number of ether oxygens (including phenoxy) is 1. The van der Waals surface area contributed by atoms with Gasteiger partial charge in [-0.25, -0.2) is 9.37 Å². The van der Waals surface area contributed by atoms with Gasteiger partial charge in [-0.3, -0.25) is 9.78 Å². The van der Waals surface area contributed by atoms with Crippen LogP contribution in [0.1, 0.15) is 25.5 Å². The van der Waals surface area contributed by atoms with E-state index in [2.05, 4.69) is 14.5 Å². The van der Waals surface area contributed by atoms with Crippen molar-refractivity contribution in [1.29, 1.82) is 0 Å². The highest BCUT2D eigenvalue weighted by Gasteiger charge is 2.23. The van der Waals surface area contributed by atoms with Crippen LogP contribution in [-0.4, -0.2) is 45.1 Å². The molecule has 3 aromatic heterocycles. The van der Waals surface area contributed by atoms with Gasteiger partial charge in [0.25, 0.3) is 0 Å². The molecule has 28 heavy (non-hydrogen) atoms. The van der Waals surface area contributed by atoms with E-state index in [1.807, 2.05) is 24.0 Å². The Labute approximate surface area is 163 Å². The van der Waals surface area contributed by atoms with Gasteiger partial charge in [-0.2, -0.15) is 0 Å². The Kier molecular flexibility index (Phi) is 5.34. The molecule has 4 heterocycles. The molecule has 0 aliphatic carbocycles. The van der Waals surface area contributed by atoms with E-state index in [0.717, 1.165) is 23.1 Å². The summed E-state index contributed by atoms with van der Waals surface area (Å²) in [6.07, 6.45) is 4.59. The zero-order valence-electron chi connectivity index (χ0n) is 15.9. The number of carbonyl (C=O) groups is 1. The van der Waals surface area contributed by atoms with Crippen molar-refractivity contribution in [3.63, 3.8) is 0 Å². The molecular formula is C21H23FN4O2. The van der Waals surface area contributed by atoms with Crippen LogP contribution in [0, 0.1) is 5.82 Å². The van der Waals surface area contributed by atoms with E-state index < -0.39 is 0 Å². The lowest BCUT2D eigenvalue weighted by Gasteiger charge is -2.28. The highest BCUT2D eigenvalue weighted by Crippen LogP contribution is 2.27. The fraction of sp³-hybridized carbons (Fsp3) is 0.381. The first kappa shape index (κ1) is 18.6. The van der Waals surface area contributed by atoms with Crippen LogP contribution in [0.25, 0.3) is 22.3 Å². The molecule has 0 bridgehead atoms. The maximum atomic E-state index is 14.0. The number of amides is 1. The second-order valence-electron chi connectivity index (χ2n) is 6.94. The van der Waals surface area contributed by atoms with E-state index in [9.17, 15) is 9.18 Å². The maximum Gasteiger partial charge on any atom is 0.225 e. The summed E-state index contributed by atoms with van der Waals surface area (Å²) >= 11 is 0. The molecule has 0 saturated carbocycles. The maximum absolute atomic E-state index is 14.0. The highest BCUT2D eigenvalue weighted by atomic mass is 19.1. The van der Waals surface area contributed by atoms with Gasteiger partial charge in [-0.1, -0.05) is 6.92 Å². The topological polar surface area (TPSA) is 60.2 Å². The van der Waals surface area contributed by atoms with Gasteiger partial charge in [0, 0.05) is 48.7 Å². The van der Waals surface area contributed by atoms with Crippen molar-refractivity contribution < 1.29 is 13.9 Å². The Bertz CT molecular complexity index is 1000. The van der Waals surface area contributed by atoms with E-state index in [4.69, 9.17) is 4.74 Å². The predicted octanol–water partition coefficient (Wildman–Crippen LogP) is 3.40. The molecule has 0 unspecified atom stereocenters. The Balaban J connectivity index is 1.53. The summed E-state index contributed by atoms with van der Waals surface area (Å²) in [6, 6.07) is 6.90. The lowest BCUT2D eigenvalue weighted by molar-refractivity contribution is -0.133. The minimum Gasteiger partial charge on any atom is -0.381 e. The number of halogens is 1. The number of carbonyl (C=O) groups excluding carboxylic acids is 1. The van der Waals surface area contributed by atoms with Crippen molar-refractivity contribution in [2.24, 2.45) is 0 Å². The number of hydrogen-bond acceptors (Lipinski definition) is 4. The van der Waals surface area contributed by atoms with E-state index in [1.165, 1.54) is 6.07 Å². The standard InChI is InChI=1S/C21H23FN4O2/c1-2-9-28-10-5-19(27)25-7-8-26-17(14-25)12-15-11-16(13-24-21(15)26)20-18(22)4-3-6-23-20/h3-4,6,11-13H,2,5,7-10,14H2,1H3. The van der Waals surface area contributed by atoms with Crippen LogP contribution in [-0.2, 0) is 22.6 Å². The van der Waals surface area contributed by atoms with Crippen molar-refractivity contribution in [2.45, 2.75) is 32.9 Å². The predicted molar refractivity (Wildman–Crippen MR) is 104 cm³/mol. The normalized spacial score (nSPS) is 13.7. The molecule has 7 heteroatoms. The average molecular weight is 382 g/mol. The SMILES string of the molecule is CCCOCCC(=O)N1CCn2c(cc3cc(-c4ncccc4F)cnc32)C1. The molecule has 0 N–H and O–H groups in total. The Morgan fingerprint density at radius 2 is 2.14 bits per heavy atom. The quantitative estimate of drug-likeness (QED) is 0.613. The van der Waals surface area contributed by atoms with Crippen LogP contribution < -0.4 is 0 Å². The molecule has 0 saturated heterocycles. The number of aromatic nitrogens is 3. The fourth-order valence-electron chi connectivity index (χ4n) is 3.58. The molecule has 1 aliphatic rings. The zero-order chi connectivity index (χ0) is 19.5. The minimum atomic E-state index is -0.366. The first-order valence-electron chi connectivity index (χ1n) is 9.62. The lowest BCUT2D eigenvalue weighted by atomic mass is 10.1. The summed E-state index contributed by atoms with van der Waals surface area (Å²) in [5.41, 5.74) is 2.84. The largest absolute Gasteiger partial charge is 0.381 e. The molecule has 0 fully saturated rings. The molecular weight excluding hydrogens is 359 g/mol. The van der Waals surface area contributed by atoms with Crippen LogP contribution in [0.5, 0.6) is 0 Å². The molecule has 0 atom stereocenters. The summed E-state index contributed by atoms with van der Waals surface area (Å²) in [6.45, 7) is 5.11. The number of fused-ring (bicyclic) bond motifs is 3. The van der Waals surface area contributed by atoms with Crippen LogP contribution in [0.2, 0.25) is 0 Å². The number of pyridine rings is 2. The van der Waals surface area contributed by atoms with Crippen molar-refractivity contribution >= 4 is 16.9 Å². The van der Waals surface area contributed by atoms with Crippen molar-refractivity contribution in [3.05, 3.63) is 48.2 Å². The Morgan fingerprint density at radius 3 is 2.96 bits per heavy atom. The first-order chi connectivity index (χ1) is 13.7. The van der Waals surface area contributed by atoms with Gasteiger partial charge in [0.15, 0.2) is 0 Å². The highest BCUT2D eigenvalue weighted by molar-refractivity contribution is 5.83. The Hall–Kier alpha value is -2.80. The summed E-state index contributed by atoms with van der Waals surface area (Å²) in [5.74, 6) is -0.258. The van der Waals surface area contributed by atoms with Gasteiger partial charge in [0.05, 0.1) is 19.6 Å². The summed E-state index contributed by atoms with van der Waals surface area (Å²) < 4.78 is 21.6. The first-order valence-corrected chi connectivity index (χ1v) is 9.62. The monoisotopic (exact) mass is 382 g/mol. The third-order valence-electron chi connectivity index (χ3n) is 4.96. The number of rotatable bonds is 6. The van der Waals surface area contributed by atoms with Crippen molar-refractivity contribution in [2.75, 3.05) is 19.8 Å². The smallest absolute Gasteiger partial charge is 0.225 e. The van der Waals surface area contributed by atoms with Gasteiger partial charge < -0.3 is 14.2 Å². The lowest BCUT2D eigenvalue weighted by Crippen LogP contribution is -2.38. The molecule has 0 aromatic carbocycles. The van der Waals surface area contributed by atoms with Crippen LogP contribution in [0.3, 0.4) is 0 Å². The van der Waals surface area contributed by atoms with E-state index in [1.54, 1.807) is 18.5 Å². The number of nitrogens with zero attached hydrogens (tertiary/aromatic N) is 4. The summed E-state index contributed by atoms with van der Waals surface area (Å²) in [4.78, 5) is 23.0. The number of hydrogen-bond donors (Lipinski definition) is 0. The van der Waals surface area contributed by atoms with E-state index in [-0.39, 0.29) is 11.7 Å². The summed E-state index contributed by atoms with van der Waals surface area (Å²) in [5, 5.41) is 0.929. The van der Waals surface area contributed by atoms with Gasteiger partial charge in [0.1, 0.15) is 17.2 Å². The molecule has 1 amide bonds. The second kappa shape index (κ2) is 8.06. The van der Waals surface area contributed by atoms with Crippen molar-refractivity contribution in [1.82, 2.24) is 19.4 Å². The van der Waals surface area contributed by atoms with Crippen LogP contribution >= 0.6 is 0 Å². The molecule has 4 rings (SSSR count). The molecule has 0 spiro atoms. The molecule has 1 aliphatic heterocycles. The van der Waals surface area contributed by atoms with Crippen molar-refractivity contribution in [3.8, 4) is 11.3 Å². The molecule has 6 nitrogen and oxygen atoms in total. The summed E-state index contributed by atoms with van der Waals surface area (Å²) in [7, 11) is 0. The molecule has 3 aromatic rings. The fourth-order valence-corrected chi connectivity index (χ4v) is 3.58. The van der Waals surface area contributed by atoms with Gasteiger partial charge in [-0.05, 0) is 30.7 Å². The van der Waals surface area contributed by atoms with Gasteiger partial charge in [-0.15, -0.1) is 0 Å². The second-order valence-corrected chi connectivity index (χ2v) is 6.94. The van der Waals surface area contributed by atoms with Crippen LogP contribution in [0.4, 0.5) is 4.39 Å².